The molecule has 35 heavy (non-hydrogen) atoms. The topological polar surface area (TPSA) is 77.6 Å². The predicted octanol–water partition coefficient (Wildman–Crippen LogP) is 5.83. The maximum absolute atomic E-state index is 11.1. The predicted molar refractivity (Wildman–Crippen MR) is 144 cm³/mol. The SMILES string of the molecule is O=[N+]([O-])c1ccc2nc(N=Cc3ccccc3[O][Sn]([Cl])([c]3ccccc3)[c]3ccccc3)sc2c1. The minimum atomic E-state index is -4.04. The Morgan fingerprint density at radius 3 is 2.20 bits per heavy atom. The summed E-state index contributed by atoms with van der Waals surface area (Å²) in [5, 5.41) is 11.6. The van der Waals surface area contributed by atoms with Crippen molar-refractivity contribution in [2.24, 2.45) is 4.99 Å². The van der Waals surface area contributed by atoms with Gasteiger partial charge < -0.3 is 0 Å². The molecule has 0 aliphatic heterocycles. The number of rotatable bonds is 7. The Bertz CT molecular complexity index is 1490. The van der Waals surface area contributed by atoms with Crippen molar-refractivity contribution >= 4 is 72.3 Å². The summed E-state index contributed by atoms with van der Waals surface area (Å²) in [6.45, 7) is 0. The van der Waals surface area contributed by atoms with Gasteiger partial charge in [-0.3, -0.25) is 0 Å². The number of hydrogen-bond acceptors (Lipinski definition) is 6. The van der Waals surface area contributed by atoms with E-state index < -0.39 is 22.6 Å². The summed E-state index contributed by atoms with van der Waals surface area (Å²) in [6, 6.07) is 32.1. The number of nitro groups is 1. The second kappa shape index (κ2) is 10.1. The maximum atomic E-state index is 11.1. The fraction of sp³-hybridized carbons (Fsp3) is 0. The van der Waals surface area contributed by atoms with Crippen LogP contribution in [0.3, 0.4) is 0 Å². The van der Waals surface area contributed by atoms with Gasteiger partial charge in [-0.25, -0.2) is 0 Å². The first-order valence-corrected chi connectivity index (χ1v) is 19.1. The number of hydrogen-bond donors (Lipinski definition) is 0. The van der Waals surface area contributed by atoms with Gasteiger partial charge in [0, 0.05) is 0 Å². The van der Waals surface area contributed by atoms with Crippen LogP contribution in [-0.2, 0) is 0 Å². The number of aliphatic imine (C=N–C) groups is 1. The molecular weight excluding hydrogens is 589 g/mol. The number of aromatic nitrogens is 1. The first-order valence-electron chi connectivity index (χ1n) is 10.7. The molecule has 0 unspecified atom stereocenters. The van der Waals surface area contributed by atoms with Crippen LogP contribution < -0.4 is 10.2 Å². The second-order valence-corrected chi connectivity index (χ2v) is 19.5. The third-order valence-electron chi connectivity index (χ3n) is 5.35. The Labute approximate surface area is 213 Å². The Balaban J connectivity index is 1.49. The molecule has 0 bridgehead atoms. The zero-order chi connectivity index (χ0) is 24.3. The van der Waals surface area contributed by atoms with E-state index in [-0.39, 0.29) is 5.69 Å². The minimum absolute atomic E-state index is 0.0307. The molecule has 5 rings (SSSR count). The third kappa shape index (κ3) is 5.07. The van der Waals surface area contributed by atoms with E-state index in [1.165, 1.54) is 23.5 Å². The van der Waals surface area contributed by atoms with Gasteiger partial charge in [-0.2, -0.15) is 0 Å². The van der Waals surface area contributed by atoms with Crippen LogP contribution >= 0.6 is 20.3 Å². The Morgan fingerprint density at radius 1 is 0.914 bits per heavy atom. The van der Waals surface area contributed by atoms with Crippen LogP contribution in [0.5, 0.6) is 5.75 Å². The molecule has 0 spiro atoms. The number of nitro benzene ring substituents is 1. The van der Waals surface area contributed by atoms with Crippen LogP contribution in [0.4, 0.5) is 10.8 Å². The van der Waals surface area contributed by atoms with E-state index in [2.05, 4.69) is 9.98 Å². The number of thiazole rings is 1. The van der Waals surface area contributed by atoms with Crippen molar-refractivity contribution in [3.05, 3.63) is 119 Å². The molecule has 4 aromatic carbocycles. The van der Waals surface area contributed by atoms with Gasteiger partial charge in [0.05, 0.1) is 0 Å². The van der Waals surface area contributed by atoms with Gasteiger partial charge >= 0.3 is 215 Å². The molecule has 172 valence electrons. The van der Waals surface area contributed by atoms with E-state index in [4.69, 9.17) is 12.0 Å². The van der Waals surface area contributed by atoms with Crippen LogP contribution in [0.15, 0.2) is 108 Å². The molecule has 0 fully saturated rings. The summed E-state index contributed by atoms with van der Waals surface area (Å²) in [4.78, 5) is 19.7. The number of nitrogens with zero attached hydrogens (tertiary/aromatic N) is 3. The van der Waals surface area contributed by atoms with Crippen molar-refractivity contribution in [2.75, 3.05) is 0 Å². The van der Waals surface area contributed by atoms with Crippen LogP contribution in [0, 0.1) is 10.1 Å². The molecule has 5 aromatic rings. The molecule has 1 aromatic heterocycles. The van der Waals surface area contributed by atoms with E-state index in [0.717, 1.165) is 12.7 Å². The van der Waals surface area contributed by atoms with E-state index in [9.17, 15) is 10.1 Å². The Kier molecular flexibility index (Phi) is 6.81. The van der Waals surface area contributed by atoms with Gasteiger partial charge in [0.25, 0.3) is 0 Å². The van der Waals surface area contributed by atoms with Gasteiger partial charge in [-0.05, 0) is 0 Å². The Hall–Kier alpha value is -3.27. The van der Waals surface area contributed by atoms with E-state index in [0.29, 0.717) is 21.1 Å². The van der Waals surface area contributed by atoms with Gasteiger partial charge in [0.2, 0.25) is 0 Å². The Morgan fingerprint density at radius 2 is 1.54 bits per heavy atom. The fourth-order valence-electron chi connectivity index (χ4n) is 3.62. The summed E-state index contributed by atoms with van der Waals surface area (Å²) in [5.41, 5.74) is 1.47. The quantitative estimate of drug-likeness (QED) is 0.101. The molecular formula is C26H18ClN3O3SSn. The van der Waals surface area contributed by atoms with Crippen molar-refractivity contribution in [3.63, 3.8) is 0 Å². The molecule has 0 saturated heterocycles. The fourth-order valence-corrected chi connectivity index (χ4v) is 13.3. The van der Waals surface area contributed by atoms with Gasteiger partial charge in [0.1, 0.15) is 0 Å². The van der Waals surface area contributed by atoms with Crippen LogP contribution in [0.25, 0.3) is 10.2 Å². The molecule has 0 saturated carbocycles. The zero-order valence-electron chi connectivity index (χ0n) is 18.2. The molecule has 0 atom stereocenters. The van der Waals surface area contributed by atoms with Crippen molar-refractivity contribution in [1.29, 1.82) is 0 Å². The van der Waals surface area contributed by atoms with Crippen LogP contribution in [0.1, 0.15) is 5.56 Å². The van der Waals surface area contributed by atoms with E-state index in [1.807, 2.05) is 84.9 Å². The monoisotopic (exact) mass is 607 g/mol. The molecule has 0 N–H and O–H groups in total. The normalized spacial score (nSPS) is 11.7. The summed E-state index contributed by atoms with van der Waals surface area (Å²) < 4.78 is 9.41. The average Bonchev–Trinajstić information content (AvgIpc) is 3.31. The first kappa shape index (κ1) is 23.5. The van der Waals surface area contributed by atoms with Crippen molar-refractivity contribution in [1.82, 2.24) is 4.98 Å². The molecule has 0 radical (unpaired) electrons. The number of para-hydroxylation sites is 1. The standard InChI is InChI=1S/C14H9N3O3S.2C6H5.ClH.Sn/c18-12-4-2-1-3-9(12)8-15-14-16-11-6-5-10(17(19)20)7-13(11)21-14;2*1-2-4-6-5-3-1;;/h1-8,18H;2*1-5H;1H;/q;;;;+2/p-2. The number of benzene rings is 4. The van der Waals surface area contributed by atoms with E-state index >= 15 is 0 Å². The summed E-state index contributed by atoms with van der Waals surface area (Å²) >= 11 is -2.74. The van der Waals surface area contributed by atoms with E-state index in [1.54, 1.807) is 12.3 Å². The molecule has 1 heterocycles. The summed E-state index contributed by atoms with van der Waals surface area (Å²) in [5.74, 6) is 0.645. The molecule has 0 aliphatic carbocycles. The van der Waals surface area contributed by atoms with Crippen molar-refractivity contribution < 1.29 is 8.00 Å². The number of non-ortho nitro benzene ring substituents is 1. The molecule has 6 nitrogen and oxygen atoms in total. The second-order valence-electron chi connectivity index (χ2n) is 7.63. The summed E-state index contributed by atoms with van der Waals surface area (Å²) in [6.07, 6.45) is 1.70. The van der Waals surface area contributed by atoms with Crippen molar-refractivity contribution in [2.45, 2.75) is 0 Å². The van der Waals surface area contributed by atoms with Gasteiger partial charge in [-0.1, -0.05) is 0 Å². The van der Waals surface area contributed by atoms with Gasteiger partial charge in [-0.15, -0.1) is 0 Å². The number of fused-ring (bicyclic) bond motifs is 1. The zero-order valence-corrected chi connectivity index (χ0v) is 22.7. The van der Waals surface area contributed by atoms with Crippen LogP contribution in [-0.4, -0.2) is 33.8 Å². The average molecular weight is 607 g/mol. The van der Waals surface area contributed by atoms with Gasteiger partial charge in [0.15, 0.2) is 0 Å². The molecule has 0 aliphatic rings. The molecule has 9 heteroatoms. The number of halogens is 1. The summed E-state index contributed by atoms with van der Waals surface area (Å²) in [7, 11) is 7.39. The third-order valence-corrected chi connectivity index (χ3v) is 17.3. The first-order chi connectivity index (χ1) is 17.0. The van der Waals surface area contributed by atoms with Crippen LogP contribution in [0.2, 0.25) is 0 Å². The molecule has 0 amide bonds. The van der Waals surface area contributed by atoms with Crippen molar-refractivity contribution in [3.8, 4) is 5.75 Å².